The summed E-state index contributed by atoms with van der Waals surface area (Å²) in [7, 11) is 0. The highest BCUT2D eigenvalue weighted by Crippen LogP contribution is 2.24. The molecule has 0 amide bonds. The number of rotatable bonds is 3. The molecule has 0 spiro atoms. The third-order valence-electron chi connectivity index (χ3n) is 2.32. The smallest absolute Gasteiger partial charge is 0.307 e. The zero-order chi connectivity index (χ0) is 12.3. The van der Waals surface area contributed by atoms with Gasteiger partial charge in [-0.2, -0.15) is 0 Å². The van der Waals surface area contributed by atoms with Crippen LogP contribution < -0.4 is 0 Å². The van der Waals surface area contributed by atoms with Crippen molar-refractivity contribution in [2.24, 2.45) is 0 Å². The van der Waals surface area contributed by atoms with Crippen LogP contribution in [-0.4, -0.2) is 21.0 Å². The Kier molecular flexibility index (Phi) is 3.09. The molecule has 0 fully saturated rings. The van der Waals surface area contributed by atoms with E-state index in [-0.39, 0.29) is 12.0 Å². The molecule has 2 aromatic rings. The predicted molar refractivity (Wildman–Crippen MR) is 58.8 cm³/mol. The predicted octanol–water partition coefficient (Wildman–Crippen LogP) is 1.91. The van der Waals surface area contributed by atoms with E-state index in [1.54, 1.807) is 24.5 Å². The first kappa shape index (κ1) is 11.2. The lowest BCUT2D eigenvalue weighted by atomic mass is 10.0. The number of carboxylic acid groups (broad SMARTS) is 1. The number of pyridine rings is 2. The zero-order valence-corrected chi connectivity index (χ0v) is 8.80. The first-order valence-electron chi connectivity index (χ1n) is 4.93. The van der Waals surface area contributed by atoms with Gasteiger partial charge >= 0.3 is 5.97 Å². The van der Waals surface area contributed by atoms with Crippen molar-refractivity contribution in [3.8, 4) is 11.1 Å². The Morgan fingerprint density at radius 1 is 1.24 bits per heavy atom. The third-order valence-corrected chi connectivity index (χ3v) is 2.32. The molecule has 17 heavy (non-hydrogen) atoms. The van der Waals surface area contributed by atoms with E-state index in [0.29, 0.717) is 11.1 Å². The normalized spacial score (nSPS) is 10.2. The molecule has 0 aliphatic carbocycles. The fourth-order valence-corrected chi connectivity index (χ4v) is 1.57. The topological polar surface area (TPSA) is 63.1 Å². The summed E-state index contributed by atoms with van der Waals surface area (Å²) in [6.45, 7) is 0. The molecule has 5 heteroatoms. The van der Waals surface area contributed by atoms with Gasteiger partial charge in [0.15, 0.2) is 0 Å². The highest BCUT2D eigenvalue weighted by molar-refractivity contribution is 5.76. The van der Waals surface area contributed by atoms with Crippen LogP contribution in [0.15, 0.2) is 36.9 Å². The average molecular weight is 232 g/mol. The lowest BCUT2D eigenvalue weighted by Crippen LogP contribution is -2.05. The number of aliphatic carboxylic acids is 1. The minimum atomic E-state index is -1.08. The van der Waals surface area contributed by atoms with Gasteiger partial charge < -0.3 is 5.11 Å². The third kappa shape index (κ3) is 2.44. The second-order valence-corrected chi connectivity index (χ2v) is 3.45. The molecule has 0 aliphatic heterocycles. The lowest BCUT2D eigenvalue weighted by Gasteiger charge is -2.07. The summed E-state index contributed by atoms with van der Waals surface area (Å²) in [5, 5.41) is 8.76. The van der Waals surface area contributed by atoms with Crippen molar-refractivity contribution < 1.29 is 14.3 Å². The van der Waals surface area contributed by atoms with Gasteiger partial charge in [0.25, 0.3) is 0 Å². The minimum absolute atomic E-state index is 0.138. The van der Waals surface area contributed by atoms with E-state index >= 15 is 0 Å². The lowest BCUT2D eigenvalue weighted by molar-refractivity contribution is -0.136. The van der Waals surface area contributed by atoms with E-state index < -0.39 is 11.8 Å². The van der Waals surface area contributed by atoms with Gasteiger partial charge in [-0.3, -0.25) is 14.8 Å². The number of hydrogen-bond acceptors (Lipinski definition) is 3. The van der Waals surface area contributed by atoms with Crippen LogP contribution in [0.4, 0.5) is 4.39 Å². The fourth-order valence-electron chi connectivity index (χ4n) is 1.57. The van der Waals surface area contributed by atoms with Gasteiger partial charge in [-0.1, -0.05) is 0 Å². The van der Waals surface area contributed by atoms with Gasteiger partial charge in [0, 0.05) is 29.7 Å². The summed E-state index contributed by atoms with van der Waals surface area (Å²) in [6, 6.07) is 3.36. The Morgan fingerprint density at radius 2 is 1.94 bits per heavy atom. The van der Waals surface area contributed by atoms with E-state index in [1.165, 1.54) is 6.20 Å². The van der Waals surface area contributed by atoms with Crippen molar-refractivity contribution in [1.82, 2.24) is 9.97 Å². The Bertz CT molecular complexity index is 543. The van der Waals surface area contributed by atoms with E-state index in [2.05, 4.69) is 9.97 Å². The van der Waals surface area contributed by atoms with Gasteiger partial charge in [0.1, 0.15) is 5.82 Å². The second-order valence-electron chi connectivity index (χ2n) is 3.45. The monoisotopic (exact) mass is 232 g/mol. The second kappa shape index (κ2) is 4.69. The number of aromatic nitrogens is 2. The molecule has 0 saturated heterocycles. The number of carboxylic acids is 1. The Morgan fingerprint density at radius 3 is 2.59 bits per heavy atom. The first-order chi connectivity index (χ1) is 8.18. The van der Waals surface area contributed by atoms with Gasteiger partial charge in [0.05, 0.1) is 12.6 Å². The first-order valence-corrected chi connectivity index (χ1v) is 4.93. The molecule has 1 N–H and O–H groups in total. The SMILES string of the molecule is O=C(O)Cc1c(F)cncc1-c1ccncc1. The zero-order valence-electron chi connectivity index (χ0n) is 8.80. The van der Waals surface area contributed by atoms with Crippen molar-refractivity contribution in [3.05, 3.63) is 48.3 Å². The van der Waals surface area contributed by atoms with Gasteiger partial charge in [-0.25, -0.2) is 4.39 Å². The Balaban J connectivity index is 2.54. The molecule has 0 radical (unpaired) electrons. The minimum Gasteiger partial charge on any atom is -0.481 e. The van der Waals surface area contributed by atoms with E-state index in [0.717, 1.165) is 6.20 Å². The summed E-state index contributed by atoms with van der Waals surface area (Å²) in [5.74, 6) is -1.69. The van der Waals surface area contributed by atoms with Crippen LogP contribution >= 0.6 is 0 Å². The fraction of sp³-hybridized carbons (Fsp3) is 0.0833. The summed E-state index contributed by atoms with van der Waals surface area (Å²) in [4.78, 5) is 18.3. The van der Waals surface area contributed by atoms with Crippen molar-refractivity contribution in [2.75, 3.05) is 0 Å². The van der Waals surface area contributed by atoms with Crippen LogP contribution in [0.1, 0.15) is 5.56 Å². The molecule has 0 aliphatic rings. The van der Waals surface area contributed by atoms with Gasteiger partial charge in [0.2, 0.25) is 0 Å². The molecule has 0 atom stereocenters. The van der Waals surface area contributed by atoms with Crippen molar-refractivity contribution in [2.45, 2.75) is 6.42 Å². The standard InChI is InChI=1S/C12H9FN2O2/c13-11-7-15-6-10(9(11)5-12(16)17)8-1-3-14-4-2-8/h1-4,6-7H,5H2,(H,16,17). The van der Waals surface area contributed by atoms with Crippen LogP contribution in [0.5, 0.6) is 0 Å². The Labute approximate surface area is 96.8 Å². The molecular weight excluding hydrogens is 223 g/mol. The van der Waals surface area contributed by atoms with Gasteiger partial charge in [-0.15, -0.1) is 0 Å². The van der Waals surface area contributed by atoms with E-state index in [9.17, 15) is 9.18 Å². The molecule has 2 rings (SSSR count). The summed E-state index contributed by atoms with van der Waals surface area (Å²) in [6.07, 6.45) is 5.22. The quantitative estimate of drug-likeness (QED) is 0.877. The van der Waals surface area contributed by atoms with Gasteiger partial charge in [-0.05, 0) is 17.7 Å². The maximum absolute atomic E-state index is 13.6. The molecule has 0 bridgehead atoms. The van der Waals surface area contributed by atoms with Crippen LogP contribution in [0.3, 0.4) is 0 Å². The molecule has 0 unspecified atom stereocenters. The van der Waals surface area contributed by atoms with E-state index in [4.69, 9.17) is 5.11 Å². The number of nitrogens with zero attached hydrogens (tertiary/aromatic N) is 2. The molecule has 86 valence electrons. The number of hydrogen-bond donors (Lipinski definition) is 1. The van der Waals surface area contributed by atoms with Crippen molar-refractivity contribution in [3.63, 3.8) is 0 Å². The average Bonchev–Trinajstić information content (AvgIpc) is 2.32. The van der Waals surface area contributed by atoms with Crippen LogP contribution in [0, 0.1) is 5.82 Å². The summed E-state index contributed by atoms with van der Waals surface area (Å²) in [5.41, 5.74) is 1.32. The highest BCUT2D eigenvalue weighted by Gasteiger charge is 2.13. The molecule has 0 saturated carbocycles. The van der Waals surface area contributed by atoms with Crippen LogP contribution in [0.2, 0.25) is 0 Å². The summed E-state index contributed by atoms with van der Waals surface area (Å²) < 4.78 is 13.6. The molecule has 2 heterocycles. The molecular formula is C12H9FN2O2. The summed E-state index contributed by atoms with van der Waals surface area (Å²) >= 11 is 0. The van der Waals surface area contributed by atoms with Crippen molar-refractivity contribution >= 4 is 5.97 Å². The van der Waals surface area contributed by atoms with E-state index in [1.807, 2.05) is 0 Å². The number of carbonyl (C=O) groups is 1. The van der Waals surface area contributed by atoms with Crippen LogP contribution in [-0.2, 0) is 11.2 Å². The highest BCUT2D eigenvalue weighted by atomic mass is 19.1. The molecule has 2 aromatic heterocycles. The number of halogens is 1. The van der Waals surface area contributed by atoms with Crippen molar-refractivity contribution in [1.29, 1.82) is 0 Å². The molecule has 4 nitrogen and oxygen atoms in total. The Hall–Kier alpha value is -2.30. The maximum atomic E-state index is 13.6. The maximum Gasteiger partial charge on any atom is 0.307 e. The largest absolute Gasteiger partial charge is 0.481 e. The molecule has 0 aromatic carbocycles. The van der Waals surface area contributed by atoms with Crippen LogP contribution in [0.25, 0.3) is 11.1 Å².